The number of thiophene rings is 1. The molecule has 0 saturated heterocycles. The van der Waals surface area contributed by atoms with E-state index in [2.05, 4.69) is 5.32 Å². The lowest BCUT2D eigenvalue weighted by Crippen LogP contribution is -2.24. The number of hydrogen-bond donors (Lipinski definition) is 2. The smallest absolute Gasteiger partial charge is 0.339 e. The first kappa shape index (κ1) is 15.5. The van der Waals surface area contributed by atoms with Crippen molar-refractivity contribution in [1.29, 1.82) is 0 Å². The maximum Gasteiger partial charge on any atom is 0.339 e. The van der Waals surface area contributed by atoms with Crippen LogP contribution in [0.25, 0.3) is 0 Å². The topological polar surface area (TPSA) is 92.7 Å². The van der Waals surface area contributed by atoms with Crippen molar-refractivity contribution in [2.24, 2.45) is 5.92 Å². The minimum Gasteiger partial charge on any atom is -0.478 e. The first-order valence-electron chi connectivity index (χ1n) is 6.76. The molecule has 2 rings (SSSR count). The fourth-order valence-corrected chi connectivity index (χ4v) is 3.89. The predicted molar refractivity (Wildman–Crippen MR) is 77.7 cm³/mol. The number of anilines is 1. The number of carboxylic acid groups (broad SMARTS) is 1. The normalized spacial score (nSPS) is 17.0. The summed E-state index contributed by atoms with van der Waals surface area (Å²) in [5, 5.41) is 12.3. The summed E-state index contributed by atoms with van der Waals surface area (Å²) in [5.41, 5.74) is 0.893. The number of carbonyl (C=O) groups is 3. The second-order valence-corrected chi connectivity index (χ2v) is 5.99. The molecule has 0 spiro atoms. The SMILES string of the molecule is CCOC(=O)C1CCc2c(sc(NC(C)=O)c2C(=O)O)C1. The van der Waals surface area contributed by atoms with Gasteiger partial charge in [0.1, 0.15) is 5.00 Å². The zero-order chi connectivity index (χ0) is 15.6. The van der Waals surface area contributed by atoms with Crippen molar-refractivity contribution < 1.29 is 24.2 Å². The summed E-state index contributed by atoms with van der Waals surface area (Å²) in [4.78, 5) is 35.3. The van der Waals surface area contributed by atoms with Gasteiger partial charge in [-0.3, -0.25) is 9.59 Å². The number of aromatic carboxylic acids is 1. The molecule has 1 aliphatic rings. The van der Waals surface area contributed by atoms with Crippen molar-refractivity contribution in [2.45, 2.75) is 33.1 Å². The predicted octanol–water partition coefficient (Wildman–Crippen LogP) is 2.07. The van der Waals surface area contributed by atoms with Crippen molar-refractivity contribution in [3.63, 3.8) is 0 Å². The number of fused-ring (bicyclic) bond motifs is 1. The van der Waals surface area contributed by atoms with Gasteiger partial charge in [0.25, 0.3) is 0 Å². The van der Waals surface area contributed by atoms with Crippen LogP contribution in [0.4, 0.5) is 5.00 Å². The molecule has 1 amide bonds. The van der Waals surface area contributed by atoms with Gasteiger partial charge in [0, 0.05) is 11.8 Å². The quantitative estimate of drug-likeness (QED) is 0.830. The Bertz CT molecular complexity index is 592. The number of nitrogens with one attached hydrogen (secondary N) is 1. The van der Waals surface area contributed by atoms with Gasteiger partial charge in [-0.25, -0.2) is 4.79 Å². The Labute approximate surface area is 126 Å². The average Bonchev–Trinajstić information content (AvgIpc) is 2.74. The number of esters is 1. The Kier molecular flexibility index (Phi) is 4.62. The Morgan fingerprint density at radius 3 is 2.71 bits per heavy atom. The van der Waals surface area contributed by atoms with Crippen LogP contribution < -0.4 is 5.32 Å². The van der Waals surface area contributed by atoms with E-state index in [1.54, 1.807) is 6.92 Å². The fourth-order valence-electron chi connectivity index (χ4n) is 2.52. The first-order valence-corrected chi connectivity index (χ1v) is 7.57. The molecule has 2 N–H and O–H groups in total. The summed E-state index contributed by atoms with van der Waals surface area (Å²) in [7, 11) is 0. The van der Waals surface area contributed by atoms with Gasteiger partial charge in [0.15, 0.2) is 0 Å². The lowest BCUT2D eigenvalue weighted by atomic mass is 9.87. The molecule has 1 atom stereocenters. The zero-order valence-electron chi connectivity index (χ0n) is 11.9. The van der Waals surface area contributed by atoms with Crippen LogP contribution in [0.3, 0.4) is 0 Å². The third-order valence-electron chi connectivity index (χ3n) is 3.39. The van der Waals surface area contributed by atoms with Crippen LogP contribution in [-0.4, -0.2) is 29.6 Å². The minimum atomic E-state index is -1.05. The monoisotopic (exact) mass is 311 g/mol. The molecule has 6 nitrogen and oxygen atoms in total. The molecule has 21 heavy (non-hydrogen) atoms. The summed E-state index contributed by atoms with van der Waals surface area (Å²) in [6.45, 7) is 3.44. The van der Waals surface area contributed by atoms with Crippen LogP contribution in [-0.2, 0) is 27.2 Å². The van der Waals surface area contributed by atoms with Gasteiger partial charge < -0.3 is 15.2 Å². The summed E-state index contributed by atoms with van der Waals surface area (Å²) in [6.07, 6.45) is 1.55. The summed E-state index contributed by atoms with van der Waals surface area (Å²) in [6, 6.07) is 0. The van der Waals surface area contributed by atoms with Crippen LogP contribution in [0.5, 0.6) is 0 Å². The minimum absolute atomic E-state index is 0.160. The third kappa shape index (κ3) is 3.24. The number of amides is 1. The molecule has 0 saturated carbocycles. The maximum absolute atomic E-state index is 11.8. The molecular formula is C14H17NO5S. The Hall–Kier alpha value is -1.89. The number of rotatable bonds is 4. The van der Waals surface area contributed by atoms with Crippen LogP contribution in [0.15, 0.2) is 0 Å². The number of carbonyl (C=O) groups excluding carboxylic acids is 2. The van der Waals surface area contributed by atoms with E-state index < -0.39 is 5.97 Å². The highest BCUT2D eigenvalue weighted by Crippen LogP contribution is 2.40. The number of carboxylic acids is 1. The van der Waals surface area contributed by atoms with Gasteiger partial charge >= 0.3 is 11.9 Å². The maximum atomic E-state index is 11.8. The van der Waals surface area contributed by atoms with Crippen molar-refractivity contribution in [3.05, 3.63) is 16.0 Å². The highest BCUT2D eigenvalue weighted by Gasteiger charge is 2.32. The van der Waals surface area contributed by atoms with E-state index in [9.17, 15) is 19.5 Å². The molecule has 0 fully saturated rings. The van der Waals surface area contributed by atoms with Gasteiger partial charge in [-0.05, 0) is 31.7 Å². The summed E-state index contributed by atoms with van der Waals surface area (Å²) in [5.74, 6) is -1.83. The van der Waals surface area contributed by atoms with E-state index in [0.29, 0.717) is 30.9 Å². The van der Waals surface area contributed by atoms with E-state index in [0.717, 1.165) is 10.4 Å². The van der Waals surface area contributed by atoms with E-state index in [-0.39, 0.29) is 23.4 Å². The molecule has 0 radical (unpaired) electrons. The van der Waals surface area contributed by atoms with E-state index in [4.69, 9.17) is 4.74 Å². The van der Waals surface area contributed by atoms with Crippen molar-refractivity contribution in [2.75, 3.05) is 11.9 Å². The van der Waals surface area contributed by atoms with Gasteiger partial charge in [0.05, 0.1) is 18.1 Å². The van der Waals surface area contributed by atoms with Crippen molar-refractivity contribution >= 4 is 34.2 Å². The molecule has 1 aromatic rings. The molecule has 1 unspecified atom stereocenters. The van der Waals surface area contributed by atoms with Crippen LogP contribution in [0.1, 0.15) is 41.1 Å². The van der Waals surface area contributed by atoms with E-state index in [1.807, 2.05) is 0 Å². The van der Waals surface area contributed by atoms with E-state index >= 15 is 0 Å². The van der Waals surface area contributed by atoms with E-state index in [1.165, 1.54) is 18.3 Å². The second kappa shape index (κ2) is 6.26. The second-order valence-electron chi connectivity index (χ2n) is 4.89. The Morgan fingerprint density at radius 2 is 2.14 bits per heavy atom. The van der Waals surface area contributed by atoms with Crippen molar-refractivity contribution in [1.82, 2.24) is 0 Å². The Morgan fingerprint density at radius 1 is 1.43 bits per heavy atom. The zero-order valence-corrected chi connectivity index (χ0v) is 12.7. The molecule has 0 aromatic carbocycles. The molecule has 0 aliphatic heterocycles. The highest BCUT2D eigenvalue weighted by atomic mass is 32.1. The van der Waals surface area contributed by atoms with Crippen molar-refractivity contribution in [3.8, 4) is 0 Å². The third-order valence-corrected chi connectivity index (χ3v) is 4.56. The van der Waals surface area contributed by atoms with Crippen LogP contribution in [0, 0.1) is 5.92 Å². The molecule has 1 aromatic heterocycles. The highest BCUT2D eigenvalue weighted by molar-refractivity contribution is 7.17. The van der Waals surface area contributed by atoms with Gasteiger partial charge in [-0.2, -0.15) is 0 Å². The molecule has 1 aliphatic carbocycles. The van der Waals surface area contributed by atoms with Crippen LogP contribution in [0.2, 0.25) is 0 Å². The standard InChI is InChI=1S/C14H17NO5S/c1-3-20-14(19)8-4-5-9-10(6-8)21-12(15-7(2)16)11(9)13(17)18/h8H,3-6H2,1-2H3,(H,15,16)(H,17,18). The lowest BCUT2D eigenvalue weighted by molar-refractivity contribution is -0.148. The summed E-state index contributed by atoms with van der Waals surface area (Å²) >= 11 is 1.24. The van der Waals surface area contributed by atoms with Gasteiger partial charge in [0.2, 0.25) is 5.91 Å². The largest absolute Gasteiger partial charge is 0.478 e. The lowest BCUT2D eigenvalue weighted by Gasteiger charge is -2.20. The van der Waals surface area contributed by atoms with Gasteiger partial charge in [-0.1, -0.05) is 0 Å². The average molecular weight is 311 g/mol. The molecule has 114 valence electrons. The molecule has 1 heterocycles. The molecule has 0 bridgehead atoms. The Balaban J connectivity index is 2.30. The number of ether oxygens (including phenoxy) is 1. The fraction of sp³-hybridized carbons (Fsp3) is 0.500. The molecule has 7 heteroatoms. The summed E-state index contributed by atoms with van der Waals surface area (Å²) < 4.78 is 5.03. The first-order chi connectivity index (χ1) is 9.93. The number of hydrogen-bond acceptors (Lipinski definition) is 5. The van der Waals surface area contributed by atoms with Gasteiger partial charge in [-0.15, -0.1) is 11.3 Å². The molecular weight excluding hydrogens is 294 g/mol. The van der Waals surface area contributed by atoms with Crippen LogP contribution >= 0.6 is 11.3 Å².